The van der Waals surface area contributed by atoms with Crippen LogP contribution in [0.5, 0.6) is 0 Å². The quantitative estimate of drug-likeness (QED) is 0.925. The van der Waals surface area contributed by atoms with E-state index < -0.39 is 36.1 Å². The van der Waals surface area contributed by atoms with Crippen LogP contribution in [-0.2, 0) is 4.79 Å². The number of rotatable bonds is 4. The second-order valence-corrected chi connectivity index (χ2v) is 5.86. The van der Waals surface area contributed by atoms with Gasteiger partial charge in [0.1, 0.15) is 5.82 Å². The maximum Gasteiger partial charge on any atom is 0.308 e. The van der Waals surface area contributed by atoms with Crippen LogP contribution in [-0.4, -0.2) is 41.5 Å². The van der Waals surface area contributed by atoms with E-state index in [1.165, 1.54) is 23.1 Å². The molecule has 1 saturated heterocycles. The molecule has 116 valence electrons. The van der Waals surface area contributed by atoms with Gasteiger partial charge in [-0.2, -0.15) is 0 Å². The Balaban J connectivity index is 2.31. The molecule has 1 fully saturated rings. The van der Waals surface area contributed by atoms with E-state index in [0.717, 1.165) is 6.92 Å². The Kier molecular flexibility index (Phi) is 4.49. The zero-order valence-corrected chi connectivity index (χ0v) is 12.1. The van der Waals surface area contributed by atoms with Crippen LogP contribution >= 0.6 is 11.6 Å². The number of alkyl halides is 2. The number of carbonyl (C=O) groups is 1. The molecule has 0 spiro atoms. The standard InChI is InChI=1S/C14H15ClF3NO2/c1-14(17,18)7-19-5-8(9(6-19)13(20)21)12-10(15)3-2-4-11(12)16/h2-4,8-9H,5-7H2,1H3,(H,20,21). The van der Waals surface area contributed by atoms with Crippen LogP contribution in [0.15, 0.2) is 18.2 Å². The highest BCUT2D eigenvalue weighted by Crippen LogP contribution is 2.38. The summed E-state index contributed by atoms with van der Waals surface area (Å²) < 4.78 is 40.2. The fourth-order valence-corrected chi connectivity index (χ4v) is 3.12. The van der Waals surface area contributed by atoms with Gasteiger partial charge in [0.15, 0.2) is 0 Å². The van der Waals surface area contributed by atoms with E-state index in [2.05, 4.69) is 0 Å². The zero-order valence-electron chi connectivity index (χ0n) is 11.3. The van der Waals surface area contributed by atoms with Crippen molar-refractivity contribution < 1.29 is 23.1 Å². The molecule has 0 saturated carbocycles. The van der Waals surface area contributed by atoms with Crippen LogP contribution in [0.1, 0.15) is 18.4 Å². The third kappa shape index (κ3) is 3.68. The van der Waals surface area contributed by atoms with Gasteiger partial charge in [-0.05, 0) is 12.1 Å². The smallest absolute Gasteiger partial charge is 0.308 e. The van der Waals surface area contributed by atoms with E-state index in [1.54, 1.807) is 0 Å². The van der Waals surface area contributed by atoms with E-state index >= 15 is 0 Å². The SMILES string of the molecule is CC(F)(F)CN1CC(C(=O)O)C(c2c(F)cccc2Cl)C1. The molecule has 2 rings (SSSR count). The van der Waals surface area contributed by atoms with Crippen molar-refractivity contribution in [3.63, 3.8) is 0 Å². The second kappa shape index (κ2) is 5.85. The highest BCUT2D eigenvalue weighted by molar-refractivity contribution is 6.31. The Morgan fingerprint density at radius 1 is 1.48 bits per heavy atom. The summed E-state index contributed by atoms with van der Waals surface area (Å²) in [6.45, 7) is 0.209. The molecule has 1 heterocycles. The molecule has 7 heteroatoms. The van der Waals surface area contributed by atoms with Crippen molar-refractivity contribution in [1.82, 2.24) is 4.90 Å². The molecule has 3 nitrogen and oxygen atoms in total. The van der Waals surface area contributed by atoms with Gasteiger partial charge >= 0.3 is 5.97 Å². The summed E-state index contributed by atoms with van der Waals surface area (Å²) in [5.74, 6) is -6.37. The van der Waals surface area contributed by atoms with E-state index in [9.17, 15) is 23.1 Å². The van der Waals surface area contributed by atoms with Crippen molar-refractivity contribution in [2.75, 3.05) is 19.6 Å². The maximum atomic E-state index is 14.0. The molecule has 0 bridgehead atoms. The number of hydrogen-bond acceptors (Lipinski definition) is 2. The summed E-state index contributed by atoms with van der Waals surface area (Å²) in [5.41, 5.74) is 0.0912. The lowest BCUT2D eigenvalue weighted by Gasteiger charge is -2.20. The molecule has 2 atom stereocenters. The fraction of sp³-hybridized carbons (Fsp3) is 0.500. The Labute approximate surface area is 125 Å². The van der Waals surface area contributed by atoms with Gasteiger partial charge in [0.05, 0.1) is 12.5 Å². The van der Waals surface area contributed by atoms with Gasteiger partial charge in [0.2, 0.25) is 0 Å². The predicted molar refractivity (Wildman–Crippen MR) is 72.3 cm³/mol. The van der Waals surface area contributed by atoms with E-state index in [1.807, 2.05) is 0 Å². The van der Waals surface area contributed by atoms with Gasteiger partial charge in [0, 0.05) is 36.5 Å². The van der Waals surface area contributed by atoms with Gasteiger partial charge in [-0.15, -0.1) is 0 Å². The normalized spacial score (nSPS) is 23.5. The first-order chi connectivity index (χ1) is 9.69. The number of aliphatic carboxylic acids is 1. The number of nitrogens with zero attached hydrogens (tertiary/aromatic N) is 1. The zero-order chi connectivity index (χ0) is 15.8. The third-order valence-corrected chi connectivity index (χ3v) is 3.91. The maximum absolute atomic E-state index is 14.0. The van der Waals surface area contributed by atoms with Crippen LogP contribution in [0, 0.1) is 11.7 Å². The van der Waals surface area contributed by atoms with Gasteiger partial charge in [0.25, 0.3) is 5.92 Å². The first-order valence-corrected chi connectivity index (χ1v) is 6.84. The van der Waals surface area contributed by atoms with E-state index in [0.29, 0.717) is 0 Å². The summed E-state index contributed by atoms with van der Waals surface area (Å²) in [7, 11) is 0. The molecule has 0 amide bonds. The summed E-state index contributed by atoms with van der Waals surface area (Å²) >= 11 is 5.96. The first kappa shape index (κ1) is 16.1. The Morgan fingerprint density at radius 2 is 2.14 bits per heavy atom. The van der Waals surface area contributed by atoms with E-state index in [-0.39, 0.29) is 23.7 Å². The Bertz CT molecular complexity index is 527. The van der Waals surface area contributed by atoms with Gasteiger partial charge in [-0.1, -0.05) is 17.7 Å². The highest BCUT2D eigenvalue weighted by atomic mass is 35.5. The number of likely N-dealkylation sites (tertiary alicyclic amines) is 1. The lowest BCUT2D eigenvalue weighted by molar-refractivity contribution is -0.141. The Morgan fingerprint density at radius 3 is 2.67 bits per heavy atom. The lowest BCUT2D eigenvalue weighted by atomic mass is 9.88. The molecule has 1 aliphatic heterocycles. The molecule has 21 heavy (non-hydrogen) atoms. The fourth-order valence-electron chi connectivity index (χ4n) is 2.81. The molecule has 1 aliphatic rings. The monoisotopic (exact) mass is 321 g/mol. The topological polar surface area (TPSA) is 40.5 Å². The summed E-state index contributed by atoms with van der Waals surface area (Å²) in [5, 5.41) is 9.38. The number of halogens is 4. The van der Waals surface area contributed by atoms with Crippen LogP contribution in [0.25, 0.3) is 0 Å². The summed E-state index contributed by atoms with van der Waals surface area (Å²) in [6.07, 6.45) is 0. The van der Waals surface area contributed by atoms with Gasteiger partial charge in [-0.25, -0.2) is 13.2 Å². The van der Waals surface area contributed by atoms with Crippen molar-refractivity contribution in [2.24, 2.45) is 5.92 Å². The third-order valence-electron chi connectivity index (χ3n) is 3.58. The molecule has 1 N–H and O–H groups in total. The van der Waals surface area contributed by atoms with Crippen molar-refractivity contribution >= 4 is 17.6 Å². The number of carboxylic acid groups (broad SMARTS) is 1. The predicted octanol–water partition coefficient (Wildman–Crippen LogP) is 3.23. The molecule has 1 aromatic rings. The minimum absolute atomic E-state index is 0.0427. The lowest BCUT2D eigenvalue weighted by Crippen LogP contribution is -2.34. The second-order valence-electron chi connectivity index (χ2n) is 5.45. The molecule has 0 aromatic heterocycles. The van der Waals surface area contributed by atoms with Gasteiger partial charge in [-0.3, -0.25) is 9.69 Å². The first-order valence-electron chi connectivity index (χ1n) is 6.46. The highest BCUT2D eigenvalue weighted by Gasteiger charge is 2.42. The van der Waals surface area contributed by atoms with Crippen LogP contribution < -0.4 is 0 Å². The minimum atomic E-state index is -2.93. The van der Waals surface area contributed by atoms with Crippen LogP contribution in [0.2, 0.25) is 5.02 Å². The molecule has 0 aliphatic carbocycles. The van der Waals surface area contributed by atoms with Crippen LogP contribution in [0.3, 0.4) is 0 Å². The molecule has 1 aromatic carbocycles. The van der Waals surface area contributed by atoms with Crippen molar-refractivity contribution in [2.45, 2.75) is 18.8 Å². The minimum Gasteiger partial charge on any atom is -0.481 e. The summed E-state index contributed by atoms with van der Waals surface area (Å²) in [4.78, 5) is 12.7. The Hall–Kier alpha value is -1.27. The van der Waals surface area contributed by atoms with Crippen molar-refractivity contribution in [3.05, 3.63) is 34.6 Å². The number of hydrogen-bond donors (Lipinski definition) is 1. The molecular formula is C14H15ClF3NO2. The molecule has 2 unspecified atom stereocenters. The number of carboxylic acids is 1. The van der Waals surface area contributed by atoms with Crippen molar-refractivity contribution in [1.29, 1.82) is 0 Å². The summed E-state index contributed by atoms with van der Waals surface area (Å²) in [6, 6.07) is 4.08. The molecule has 0 radical (unpaired) electrons. The van der Waals surface area contributed by atoms with E-state index in [4.69, 9.17) is 11.6 Å². The largest absolute Gasteiger partial charge is 0.481 e. The van der Waals surface area contributed by atoms with Crippen molar-refractivity contribution in [3.8, 4) is 0 Å². The average Bonchev–Trinajstić information content (AvgIpc) is 2.70. The average molecular weight is 322 g/mol. The number of benzene rings is 1. The van der Waals surface area contributed by atoms with Crippen LogP contribution in [0.4, 0.5) is 13.2 Å². The van der Waals surface area contributed by atoms with Gasteiger partial charge < -0.3 is 5.11 Å². The molecular weight excluding hydrogens is 307 g/mol.